The second kappa shape index (κ2) is 6.12. The predicted molar refractivity (Wildman–Crippen MR) is 84.4 cm³/mol. The molecular formula is C17H20FN3O2. The first-order valence-corrected chi connectivity index (χ1v) is 7.68. The summed E-state index contributed by atoms with van der Waals surface area (Å²) in [5, 5.41) is 6.96. The Morgan fingerprint density at radius 2 is 2.13 bits per heavy atom. The van der Waals surface area contributed by atoms with E-state index in [2.05, 4.69) is 10.5 Å². The van der Waals surface area contributed by atoms with Crippen molar-refractivity contribution < 1.29 is 13.7 Å². The number of halogens is 1. The van der Waals surface area contributed by atoms with E-state index < -0.39 is 5.41 Å². The summed E-state index contributed by atoms with van der Waals surface area (Å²) in [6, 6.07) is 8.05. The molecule has 1 aromatic heterocycles. The number of carbonyl (C=O) groups is 1. The molecule has 2 aromatic rings. The van der Waals surface area contributed by atoms with Crippen molar-refractivity contribution in [1.29, 1.82) is 0 Å². The minimum Gasteiger partial charge on any atom is -0.356 e. The summed E-state index contributed by atoms with van der Waals surface area (Å²) in [5.74, 6) is -0.0475. The van der Waals surface area contributed by atoms with Crippen molar-refractivity contribution in [3.63, 3.8) is 0 Å². The van der Waals surface area contributed by atoms with Crippen LogP contribution in [-0.2, 0) is 10.2 Å². The van der Waals surface area contributed by atoms with Gasteiger partial charge in [0.25, 0.3) is 0 Å². The Morgan fingerprint density at radius 1 is 1.39 bits per heavy atom. The highest BCUT2D eigenvalue weighted by Gasteiger charge is 2.53. The maximum atomic E-state index is 13.8. The van der Waals surface area contributed by atoms with Gasteiger partial charge in [0.05, 0.1) is 16.7 Å². The van der Waals surface area contributed by atoms with Gasteiger partial charge in [-0.25, -0.2) is 4.39 Å². The lowest BCUT2D eigenvalue weighted by molar-refractivity contribution is -0.123. The Morgan fingerprint density at radius 3 is 2.78 bits per heavy atom. The van der Waals surface area contributed by atoms with Crippen molar-refractivity contribution in [2.45, 2.75) is 18.3 Å². The van der Waals surface area contributed by atoms with E-state index in [1.807, 2.05) is 19.0 Å². The zero-order chi connectivity index (χ0) is 16.4. The van der Waals surface area contributed by atoms with Crippen LogP contribution in [-0.4, -0.2) is 43.1 Å². The van der Waals surface area contributed by atoms with E-state index >= 15 is 0 Å². The molecule has 1 aromatic carbocycles. The van der Waals surface area contributed by atoms with Gasteiger partial charge in [-0.1, -0.05) is 17.3 Å². The lowest BCUT2D eigenvalue weighted by atomic mass is 10.0. The molecule has 1 fully saturated rings. The topological polar surface area (TPSA) is 58.4 Å². The summed E-state index contributed by atoms with van der Waals surface area (Å²) in [5.41, 5.74) is 0.326. The molecule has 3 rings (SSSR count). The summed E-state index contributed by atoms with van der Waals surface area (Å²) in [7, 11) is 3.91. The SMILES string of the molecule is CN(C)CCNC(=O)C1(c2cc(-c3ccccc3F)on2)CC1. The van der Waals surface area contributed by atoms with Gasteiger partial charge in [0.2, 0.25) is 5.91 Å². The highest BCUT2D eigenvalue weighted by molar-refractivity contribution is 5.91. The van der Waals surface area contributed by atoms with E-state index in [0.29, 0.717) is 23.6 Å². The van der Waals surface area contributed by atoms with Crippen LogP contribution in [0.25, 0.3) is 11.3 Å². The maximum Gasteiger partial charge on any atom is 0.232 e. The van der Waals surface area contributed by atoms with Crippen molar-refractivity contribution in [2.75, 3.05) is 27.2 Å². The second-order valence-corrected chi connectivity index (χ2v) is 6.20. The maximum absolute atomic E-state index is 13.8. The van der Waals surface area contributed by atoms with Gasteiger partial charge < -0.3 is 14.7 Å². The van der Waals surface area contributed by atoms with E-state index in [-0.39, 0.29) is 11.7 Å². The minimum absolute atomic E-state index is 0.0345. The molecule has 0 atom stereocenters. The summed E-state index contributed by atoms with van der Waals surface area (Å²) < 4.78 is 19.1. The first-order chi connectivity index (χ1) is 11.0. The zero-order valence-electron chi connectivity index (χ0n) is 13.3. The Bertz CT molecular complexity index is 707. The van der Waals surface area contributed by atoms with Gasteiger partial charge in [-0.15, -0.1) is 0 Å². The third-order valence-electron chi connectivity index (χ3n) is 4.17. The number of benzene rings is 1. The van der Waals surface area contributed by atoms with Gasteiger partial charge in [-0.05, 0) is 39.1 Å². The third kappa shape index (κ3) is 3.12. The van der Waals surface area contributed by atoms with Crippen molar-refractivity contribution in [3.05, 3.63) is 41.8 Å². The molecule has 122 valence electrons. The zero-order valence-corrected chi connectivity index (χ0v) is 13.3. The van der Waals surface area contributed by atoms with Crippen LogP contribution in [0.3, 0.4) is 0 Å². The molecule has 0 aliphatic heterocycles. The highest BCUT2D eigenvalue weighted by atomic mass is 19.1. The normalized spacial score (nSPS) is 15.7. The molecule has 23 heavy (non-hydrogen) atoms. The van der Waals surface area contributed by atoms with Crippen LogP contribution in [0.4, 0.5) is 4.39 Å². The number of nitrogens with one attached hydrogen (secondary N) is 1. The van der Waals surface area contributed by atoms with E-state index in [0.717, 1.165) is 19.4 Å². The number of amides is 1. The van der Waals surface area contributed by atoms with Crippen molar-refractivity contribution >= 4 is 5.91 Å². The fourth-order valence-electron chi connectivity index (χ4n) is 2.58. The molecule has 0 spiro atoms. The van der Waals surface area contributed by atoms with Gasteiger partial charge in [0, 0.05) is 19.2 Å². The molecule has 1 heterocycles. The summed E-state index contributed by atoms with van der Waals surface area (Å²) >= 11 is 0. The summed E-state index contributed by atoms with van der Waals surface area (Å²) in [6.07, 6.45) is 1.48. The molecule has 0 radical (unpaired) electrons. The van der Waals surface area contributed by atoms with Crippen LogP contribution in [0.2, 0.25) is 0 Å². The van der Waals surface area contributed by atoms with Crippen molar-refractivity contribution in [2.24, 2.45) is 0 Å². The summed E-state index contributed by atoms with van der Waals surface area (Å²) in [6.45, 7) is 1.37. The van der Waals surface area contributed by atoms with Gasteiger partial charge in [-0.2, -0.15) is 0 Å². The Kier molecular flexibility index (Phi) is 4.17. The van der Waals surface area contributed by atoms with Crippen molar-refractivity contribution in [3.8, 4) is 11.3 Å². The van der Waals surface area contributed by atoms with E-state index in [1.54, 1.807) is 24.3 Å². The number of likely N-dealkylation sites (N-methyl/N-ethyl adjacent to an activating group) is 1. The van der Waals surface area contributed by atoms with Crippen LogP contribution >= 0.6 is 0 Å². The molecule has 1 saturated carbocycles. The molecule has 0 saturated heterocycles. The van der Waals surface area contributed by atoms with E-state index in [4.69, 9.17) is 4.52 Å². The molecule has 1 aliphatic carbocycles. The Labute approximate surface area is 134 Å². The molecule has 1 N–H and O–H groups in total. The molecule has 0 bridgehead atoms. The average Bonchev–Trinajstić information content (AvgIpc) is 3.19. The average molecular weight is 317 g/mol. The molecule has 6 heteroatoms. The van der Waals surface area contributed by atoms with Gasteiger partial charge in [0.15, 0.2) is 5.76 Å². The van der Waals surface area contributed by atoms with Gasteiger partial charge in [-0.3, -0.25) is 4.79 Å². The first-order valence-electron chi connectivity index (χ1n) is 7.68. The standard InChI is InChI=1S/C17H20FN3O2/c1-21(2)10-9-19-16(22)17(7-8-17)15-11-14(23-20-15)12-5-3-4-6-13(12)18/h3-6,11H,7-10H2,1-2H3,(H,19,22). The smallest absolute Gasteiger partial charge is 0.232 e. The van der Waals surface area contributed by atoms with Crippen LogP contribution in [0.1, 0.15) is 18.5 Å². The number of rotatable bonds is 6. The second-order valence-electron chi connectivity index (χ2n) is 6.20. The summed E-state index contributed by atoms with van der Waals surface area (Å²) in [4.78, 5) is 14.4. The number of hydrogen-bond donors (Lipinski definition) is 1. The van der Waals surface area contributed by atoms with E-state index in [1.165, 1.54) is 6.07 Å². The molecular weight excluding hydrogens is 297 g/mol. The molecule has 1 amide bonds. The number of nitrogens with zero attached hydrogens (tertiary/aromatic N) is 2. The van der Waals surface area contributed by atoms with Crippen LogP contribution in [0.5, 0.6) is 0 Å². The fourth-order valence-corrected chi connectivity index (χ4v) is 2.58. The van der Waals surface area contributed by atoms with Gasteiger partial charge >= 0.3 is 0 Å². The quantitative estimate of drug-likeness (QED) is 0.887. The molecule has 5 nitrogen and oxygen atoms in total. The van der Waals surface area contributed by atoms with Crippen LogP contribution in [0, 0.1) is 5.82 Å². The monoisotopic (exact) mass is 317 g/mol. The first kappa shape index (κ1) is 15.7. The van der Waals surface area contributed by atoms with E-state index in [9.17, 15) is 9.18 Å². The van der Waals surface area contributed by atoms with Crippen LogP contribution < -0.4 is 5.32 Å². The Hall–Kier alpha value is -2.21. The largest absolute Gasteiger partial charge is 0.356 e. The third-order valence-corrected chi connectivity index (χ3v) is 4.17. The minimum atomic E-state index is -0.612. The number of aromatic nitrogens is 1. The molecule has 0 unspecified atom stereocenters. The fraction of sp³-hybridized carbons (Fsp3) is 0.412. The predicted octanol–water partition coefficient (Wildman–Crippen LogP) is 2.19. The van der Waals surface area contributed by atoms with Gasteiger partial charge in [0.1, 0.15) is 5.82 Å². The number of hydrogen-bond acceptors (Lipinski definition) is 4. The lowest BCUT2D eigenvalue weighted by Crippen LogP contribution is -2.38. The highest BCUT2D eigenvalue weighted by Crippen LogP contribution is 2.48. The Balaban J connectivity index is 1.75. The molecule has 1 aliphatic rings. The van der Waals surface area contributed by atoms with Crippen molar-refractivity contribution in [1.82, 2.24) is 15.4 Å². The number of carbonyl (C=O) groups excluding carboxylic acids is 1. The van der Waals surface area contributed by atoms with Crippen LogP contribution in [0.15, 0.2) is 34.9 Å². The lowest BCUT2D eigenvalue weighted by Gasteiger charge is -2.14.